The largest absolute Gasteiger partial charge is 0.433 e. The van der Waals surface area contributed by atoms with Crippen LogP contribution in [0.15, 0.2) is 12.1 Å². The molecule has 1 saturated carbocycles. The molecule has 1 heterocycles. The fraction of sp³-hybridized carbons (Fsp3) is 0.545. The van der Waals surface area contributed by atoms with Crippen LogP contribution >= 0.6 is 0 Å². The number of pyridine rings is 1. The lowest BCUT2D eigenvalue weighted by Crippen LogP contribution is -2.18. The van der Waals surface area contributed by atoms with Gasteiger partial charge in [0.25, 0.3) is 0 Å². The third-order valence-electron chi connectivity index (χ3n) is 3.01. The number of alkyl halides is 6. The maximum Gasteiger partial charge on any atom is 0.433 e. The molecule has 1 aliphatic rings. The summed E-state index contributed by atoms with van der Waals surface area (Å²) >= 11 is 0. The molecule has 1 aromatic rings. The lowest BCUT2D eigenvalue weighted by molar-refractivity contribution is -0.150. The Kier molecular flexibility index (Phi) is 3.03. The number of nitrogens with zero attached hydrogens (tertiary/aromatic N) is 1. The Hall–Kier alpha value is -1.27. The molecular formula is C11H9F6N. The van der Waals surface area contributed by atoms with Crippen LogP contribution in [-0.2, 0) is 12.4 Å². The van der Waals surface area contributed by atoms with E-state index >= 15 is 0 Å². The van der Waals surface area contributed by atoms with Crippen molar-refractivity contribution in [1.82, 2.24) is 4.98 Å². The maximum atomic E-state index is 12.5. The average Bonchev–Trinajstić information content (AvgIpc) is 2.11. The van der Waals surface area contributed by atoms with Gasteiger partial charge in [-0.05, 0) is 36.5 Å². The Bertz CT molecular complexity index is 412. The Balaban J connectivity index is 2.48. The molecule has 18 heavy (non-hydrogen) atoms. The van der Waals surface area contributed by atoms with E-state index < -0.39 is 23.7 Å². The van der Waals surface area contributed by atoms with Gasteiger partial charge in [-0.2, -0.15) is 26.3 Å². The molecule has 7 heteroatoms. The normalized spacial score (nSPS) is 17.7. The van der Waals surface area contributed by atoms with E-state index in [0.29, 0.717) is 12.8 Å². The molecule has 0 unspecified atom stereocenters. The molecule has 0 aromatic carbocycles. The van der Waals surface area contributed by atoms with Gasteiger partial charge in [0.15, 0.2) is 0 Å². The molecule has 1 aromatic heterocycles. The van der Waals surface area contributed by atoms with E-state index in [2.05, 4.69) is 4.98 Å². The first kappa shape index (κ1) is 13.2. The highest BCUT2D eigenvalue weighted by Crippen LogP contribution is 2.40. The molecule has 1 fully saturated rings. The van der Waals surface area contributed by atoms with Crippen LogP contribution in [-0.4, -0.2) is 4.98 Å². The van der Waals surface area contributed by atoms with Gasteiger partial charge in [-0.15, -0.1) is 0 Å². The van der Waals surface area contributed by atoms with E-state index in [1.54, 1.807) is 0 Å². The molecule has 0 radical (unpaired) electrons. The summed E-state index contributed by atoms with van der Waals surface area (Å²) < 4.78 is 74.9. The second-order valence-electron chi connectivity index (χ2n) is 4.29. The van der Waals surface area contributed by atoms with Gasteiger partial charge in [-0.3, -0.25) is 0 Å². The highest BCUT2D eigenvalue weighted by molar-refractivity contribution is 5.29. The van der Waals surface area contributed by atoms with Crippen molar-refractivity contribution in [3.63, 3.8) is 0 Å². The van der Waals surface area contributed by atoms with Gasteiger partial charge in [0.2, 0.25) is 0 Å². The van der Waals surface area contributed by atoms with Gasteiger partial charge in [-0.1, -0.05) is 6.42 Å². The van der Waals surface area contributed by atoms with E-state index in [1.807, 2.05) is 0 Å². The van der Waals surface area contributed by atoms with Crippen molar-refractivity contribution in [3.05, 3.63) is 29.1 Å². The number of hydrogen-bond donors (Lipinski definition) is 0. The minimum Gasteiger partial charge on any atom is -0.239 e. The highest BCUT2D eigenvalue weighted by atomic mass is 19.4. The van der Waals surface area contributed by atoms with Crippen molar-refractivity contribution in [3.8, 4) is 0 Å². The topological polar surface area (TPSA) is 12.9 Å². The first-order chi connectivity index (χ1) is 8.18. The molecule has 100 valence electrons. The Morgan fingerprint density at radius 1 is 0.889 bits per heavy atom. The molecule has 0 bridgehead atoms. The maximum absolute atomic E-state index is 12.5. The molecule has 1 nitrogen and oxygen atoms in total. The first-order valence-corrected chi connectivity index (χ1v) is 5.34. The van der Waals surface area contributed by atoms with E-state index in [9.17, 15) is 26.3 Å². The van der Waals surface area contributed by atoms with Crippen molar-refractivity contribution in [1.29, 1.82) is 0 Å². The van der Waals surface area contributed by atoms with Crippen molar-refractivity contribution < 1.29 is 26.3 Å². The molecular weight excluding hydrogens is 260 g/mol. The summed E-state index contributed by atoms with van der Waals surface area (Å²) in [6.07, 6.45) is -7.65. The van der Waals surface area contributed by atoms with Crippen molar-refractivity contribution in [2.75, 3.05) is 0 Å². The van der Waals surface area contributed by atoms with Crippen LogP contribution in [0.2, 0.25) is 0 Å². The predicted octanol–water partition coefficient (Wildman–Crippen LogP) is 4.39. The number of aromatic nitrogens is 1. The zero-order chi connectivity index (χ0) is 13.6. The van der Waals surface area contributed by atoms with Crippen LogP contribution in [0.25, 0.3) is 0 Å². The Morgan fingerprint density at radius 2 is 1.33 bits per heavy atom. The van der Waals surface area contributed by atoms with Gasteiger partial charge in [0, 0.05) is 0 Å². The van der Waals surface area contributed by atoms with Crippen LogP contribution in [0.1, 0.15) is 42.1 Å². The molecule has 1 aliphatic carbocycles. The van der Waals surface area contributed by atoms with Gasteiger partial charge in [0.05, 0.1) is 0 Å². The van der Waals surface area contributed by atoms with E-state index in [4.69, 9.17) is 0 Å². The van der Waals surface area contributed by atoms with Crippen molar-refractivity contribution >= 4 is 0 Å². The monoisotopic (exact) mass is 269 g/mol. The van der Waals surface area contributed by atoms with Gasteiger partial charge in [-0.25, -0.2) is 4.98 Å². The van der Waals surface area contributed by atoms with E-state index in [1.165, 1.54) is 0 Å². The second kappa shape index (κ2) is 4.13. The summed E-state index contributed by atoms with van der Waals surface area (Å²) in [4.78, 5) is 2.67. The molecule has 0 spiro atoms. The summed E-state index contributed by atoms with van der Waals surface area (Å²) in [7, 11) is 0. The van der Waals surface area contributed by atoms with Gasteiger partial charge >= 0.3 is 12.4 Å². The van der Waals surface area contributed by atoms with Crippen molar-refractivity contribution in [2.24, 2.45) is 0 Å². The van der Waals surface area contributed by atoms with Crippen LogP contribution in [0, 0.1) is 0 Å². The zero-order valence-corrected chi connectivity index (χ0v) is 9.07. The van der Waals surface area contributed by atoms with Crippen molar-refractivity contribution in [2.45, 2.75) is 37.5 Å². The first-order valence-electron chi connectivity index (χ1n) is 5.34. The molecule has 0 N–H and O–H groups in total. The number of rotatable bonds is 1. The second-order valence-corrected chi connectivity index (χ2v) is 4.29. The Labute approximate surface area is 98.8 Å². The van der Waals surface area contributed by atoms with Crippen LogP contribution in [0.4, 0.5) is 26.3 Å². The predicted molar refractivity (Wildman–Crippen MR) is 50.8 cm³/mol. The fourth-order valence-corrected chi connectivity index (χ4v) is 1.82. The summed E-state index contributed by atoms with van der Waals surface area (Å²) in [6.45, 7) is 0. The lowest BCUT2D eigenvalue weighted by Gasteiger charge is -2.27. The van der Waals surface area contributed by atoms with Gasteiger partial charge in [0.1, 0.15) is 11.4 Å². The van der Waals surface area contributed by atoms with Crippen LogP contribution < -0.4 is 0 Å². The van der Waals surface area contributed by atoms with E-state index in [-0.39, 0.29) is 11.5 Å². The molecule has 0 atom stereocenters. The number of hydrogen-bond acceptors (Lipinski definition) is 1. The summed E-state index contributed by atoms with van der Waals surface area (Å²) in [5.41, 5.74) is -2.87. The third-order valence-corrected chi connectivity index (χ3v) is 3.01. The fourth-order valence-electron chi connectivity index (χ4n) is 1.82. The van der Waals surface area contributed by atoms with E-state index in [0.717, 1.165) is 18.6 Å². The minimum absolute atomic E-state index is 0.0795. The summed E-state index contributed by atoms with van der Waals surface area (Å²) in [6, 6.07) is 1.44. The standard InChI is InChI=1S/C11H9F6N/c12-10(13,14)8-4-7(6-2-1-3-6)5-9(18-8)11(15,16)17/h4-6H,1-3H2. The molecule has 0 saturated heterocycles. The summed E-state index contributed by atoms with van der Waals surface area (Å²) in [5.74, 6) is -0.213. The van der Waals surface area contributed by atoms with Crippen LogP contribution in [0.5, 0.6) is 0 Å². The molecule has 0 amide bonds. The van der Waals surface area contributed by atoms with Gasteiger partial charge < -0.3 is 0 Å². The smallest absolute Gasteiger partial charge is 0.239 e. The SMILES string of the molecule is FC(F)(F)c1cc(C2CCC2)cc(C(F)(F)F)n1. The highest BCUT2D eigenvalue weighted by Gasteiger charge is 2.39. The quantitative estimate of drug-likeness (QED) is 0.689. The third kappa shape index (κ3) is 2.59. The molecule has 2 rings (SSSR count). The molecule has 0 aliphatic heterocycles. The zero-order valence-electron chi connectivity index (χ0n) is 9.07. The minimum atomic E-state index is -4.86. The Morgan fingerprint density at radius 3 is 1.61 bits per heavy atom. The average molecular weight is 269 g/mol. The lowest BCUT2D eigenvalue weighted by atomic mass is 9.80. The number of halogens is 6. The summed E-state index contributed by atoms with van der Waals surface area (Å²) in [5, 5.41) is 0. The van der Waals surface area contributed by atoms with Crippen LogP contribution in [0.3, 0.4) is 0 Å².